The smallest absolute Gasteiger partial charge is 0.286 e. The number of hydrogen-bond acceptors (Lipinski definition) is 3. The van der Waals surface area contributed by atoms with Crippen LogP contribution in [-0.2, 0) is 16.0 Å². The second-order valence-corrected chi connectivity index (χ2v) is 9.67. The SMILES string of the molecule is CO/C(=C\C=C\c1cc2cc(Cl)c(Cl)cc2[nH]1)C(=O)NC1CCN(CCCc2ccccc2)CC1. The lowest BCUT2D eigenvalue weighted by Gasteiger charge is -2.32. The van der Waals surface area contributed by atoms with Crippen molar-refractivity contribution in [3.63, 3.8) is 0 Å². The van der Waals surface area contributed by atoms with Gasteiger partial charge in [0.25, 0.3) is 5.91 Å². The van der Waals surface area contributed by atoms with E-state index in [9.17, 15) is 4.79 Å². The summed E-state index contributed by atoms with van der Waals surface area (Å²) in [6.07, 6.45) is 9.50. The zero-order chi connectivity index (χ0) is 24.6. The summed E-state index contributed by atoms with van der Waals surface area (Å²) in [6.45, 7) is 3.09. The molecule has 1 fully saturated rings. The van der Waals surface area contributed by atoms with Crippen LogP contribution in [0.1, 0.15) is 30.5 Å². The Morgan fingerprint density at radius 3 is 2.63 bits per heavy atom. The fraction of sp³-hybridized carbons (Fsp3) is 0.321. The summed E-state index contributed by atoms with van der Waals surface area (Å²) in [7, 11) is 1.52. The monoisotopic (exact) mass is 511 g/mol. The average Bonchev–Trinajstić information content (AvgIpc) is 3.25. The van der Waals surface area contributed by atoms with E-state index in [1.54, 1.807) is 18.2 Å². The molecule has 1 saturated heterocycles. The van der Waals surface area contributed by atoms with E-state index >= 15 is 0 Å². The van der Waals surface area contributed by atoms with Crippen LogP contribution in [0, 0.1) is 0 Å². The maximum absolute atomic E-state index is 12.7. The number of ether oxygens (including phenoxy) is 1. The number of carbonyl (C=O) groups is 1. The number of amides is 1. The van der Waals surface area contributed by atoms with Crippen LogP contribution >= 0.6 is 23.2 Å². The number of nitrogens with zero attached hydrogens (tertiary/aromatic N) is 1. The zero-order valence-corrected chi connectivity index (χ0v) is 21.4. The lowest BCUT2D eigenvalue weighted by atomic mass is 10.0. The minimum absolute atomic E-state index is 0.165. The molecule has 0 spiro atoms. The van der Waals surface area contributed by atoms with Gasteiger partial charge >= 0.3 is 0 Å². The van der Waals surface area contributed by atoms with Gasteiger partial charge in [-0.1, -0.05) is 59.6 Å². The molecule has 1 aliphatic rings. The van der Waals surface area contributed by atoms with Gasteiger partial charge in [0.1, 0.15) is 0 Å². The van der Waals surface area contributed by atoms with Crippen LogP contribution in [0.2, 0.25) is 10.0 Å². The van der Waals surface area contributed by atoms with Gasteiger partial charge in [-0.2, -0.15) is 0 Å². The molecule has 0 saturated carbocycles. The molecule has 1 amide bonds. The lowest BCUT2D eigenvalue weighted by molar-refractivity contribution is -0.121. The number of aromatic nitrogens is 1. The fourth-order valence-corrected chi connectivity index (χ4v) is 4.76. The van der Waals surface area contributed by atoms with Crippen LogP contribution in [0.25, 0.3) is 17.0 Å². The van der Waals surface area contributed by atoms with Gasteiger partial charge in [-0.3, -0.25) is 4.79 Å². The number of H-pyrrole nitrogens is 1. The number of hydrogen-bond donors (Lipinski definition) is 2. The van der Waals surface area contributed by atoms with Gasteiger partial charge in [-0.05, 0) is 68.1 Å². The predicted molar refractivity (Wildman–Crippen MR) is 145 cm³/mol. The molecule has 35 heavy (non-hydrogen) atoms. The highest BCUT2D eigenvalue weighted by Crippen LogP contribution is 2.28. The topological polar surface area (TPSA) is 57.4 Å². The van der Waals surface area contributed by atoms with Gasteiger partial charge in [-0.15, -0.1) is 0 Å². The van der Waals surface area contributed by atoms with E-state index in [2.05, 4.69) is 45.5 Å². The minimum Gasteiger partial charge on any atom is -0.491 e. The molecular formula is C28H31Cl2N3O2. The molecule has 0 bridgehead atoms. The van der Waals surface area contributed by atoms with E-state index in [4.69, 9.17) is 27.9 Å². The van der Waals surface area contributed by atoms with Crippen molar-refractivity contribution in [1.82, 2.24) is 15.2 Å². The van der Waals surface area contributed by atoms with Gasteiger partial charge < -0.3 is 19.9 Å². The molecule has 1 aliphatic heterocycles. The quantitative estimate of drug-likeness (QED) is 0.203. The Balaban J connectivity index is 1.24. The molecule has 0 aliphatic carbocycles. The molecule has 1 aromatic heterocycles. The van der Waals surface area contributed by atoms with Crippen molar-refractivity contribution < 1.29 is 9.53 Å². The number of benzene rings is 2. The lowest BCUT2D eigenvalue weighted by Crippen LogP contribution is -2.45. The molecule has 2 aromatic carbocycles. The molecule has 7 heteroatoms. The Kier molecular flexibility index (Phi) is 8.91. The summed E-state index contributed by atoms with van der Waals surface area (Å²) >= 11 is 12.2. The number of likely N-dealkylation sites (tertiary alicyclic amines) is 1. The number of aromatic amines is 1. The first-order chi connectivity index (χ1) is 17.0. The molecule has 5 nitrogen and oxygen atoms in total. The Morgan fingerprint density at radius 1 is 1.14 bits per heavy atom. The number of rotatable bonds is 9. The maximum atomic E-state index is 12.7. The average molecular weight is 512 g/mol. The van der Waals surface area contributed by atoms with Crippen molar-refractivity contribution in [2.24, 2.45) is 0 Å². The standard InChI is InChI=1S/C28H31Cl2N3O2/c1-35-27(11-5-10-23-17-21-18-24(29)25(30)19-26(21)31-23)28(34)32-22-12-15-33(16-13-22)14-6-9-20-7-3-2-4-8-20/h2-5,7-8,10-11,17-19,22,31H,6,9,12-16H2,1H3,(H,32,34)/b10-5+,27-11-. The Bertz CT molecular complexity index is 1160. The van der Waals surface area contributed by atoms with Gasteiger partial charge in [0.15, 0.2) is 5.76 Å². The number of halogens is 2. The first-order valence-electron chi connectivity index (χ1n) is 12.0. The Hall–Kier alpha value is -2.73. The van der Waals surface area contributed by atoms with Crippen LogP contribution in [0.3, 0.4) is 0 Å². The number of nitrogens with one attached hydrogen (secondary N) is 2. The summed E-state index contributed by atoms with van der Waals surface area (Å²) in [5.41, 5.74) is 3.17. The van der Waals surface area contributed by atoms with Crippen molar-refractivity contribution in [2.75, 3.05) is 26.7 Å². The largest absolute Gasteiger partial charge is 0.491 e. The molecule has 184 valence electrons. The number of piperidine rings is 1. The fourth-order valence-electron chi connectivity index (χ4n) is 4.42. The summed E-state index contributed by atoms with van der Waals surface area (Å²) < 4.78 is 5.34. The number of carbonyl (C=O) groups excluding carboxylic acids is 1. The van der Waals surface area contributed by atoms with Crippen molar-refractivity contribution in [1.29, 1.82) is 0 Å². The van der Waals surface area contributed by atoms with E-state index < -0.39 is 0 Å². The van der Waals surface area contributed by atoms with Crippen LogP contribution in [0.4, 0.5) is 0 Å². The molecule has 2 heterocycles. The van der Waals surface area contributed by atoms with Crippen LogP contribution in [0.15, 0.2) is 66.4 Å². The van der Waals surface area contributed by atoms with Gasteiger partial charge in [-0.25, -0.2) is 0 Å². The number of fused-ring (bicyclic) bond motifs is 1. The number of methoxy groups -OCH3 is 1. The van der Waals surface area contributed by atoms with E-state index in [1.165, 1.54) is 12.7 Å². The maximum Gasteiger partial charge on any atom is 0.286 e. The molecule has 4 rings (SSSR count). The van der Waals surface area contributed by atoms with Crippen LogP contribution in [0.5, 0.6) is 0 Å². The second-order valence-electron chi connectivity index (χ2n) is 8.85. The van der Waals surface area contributed by atoms with Crippen molar-refractivity contribution in [3.05, 3.63) is 87.7 Å². The van der Waals surface area contributed by atoms with Crippen LogP contribution < -0.4 is 5.32 Å². The van der Waals surface area contributed by atoms with Crippen molar-refractivity contribution in [2.45, 2.75) is 31.7 Å². The van der Waals surface area contributed by atoms with Gasteiger partial charge in [0.05, 0.1) is 17.2 Å². The first-order valence-corrected chi connectivity index (χ1v) is 12.7. The zero-order valence-electron chi connectivity index (χ0n) is 19.9. The number of allylic oxidation sites excluding steroid dienone is 2. The number of aryl methyl sites for hydroxylation is 1. The Labute approximate surface area is 216 Å². The minimum atomic E-state index is -0.185. The third kappa shape index (κ3) is 7.14. The highest BCUT2D eigenvalue weighted by atomic mass is 35.5. The summed E-state index contributed by atoms with van der Waals surface area (Å²) in [4.78, 5) is 18.5. The summed E-state index contributed by atoms with van der Waals surface area (Å²) in [5, 5.41) is 5.12. The van der Waals surface area contributed by atoms with E-state index in [-0.39, 0.29) is 17.7 Å². The normalized spacial score (nSPS) is 15.7. The molecule has 3 aromatic rings. The highest BCUT2D eigenvalue weighted by molar-refractivity contribution is 6.42. The predicted octanol–water partition coefficient (Wildman–Crippen LogP) is 6.23. The third-order valence-electron chi connectivity index (χ3n) is 6.35. The van der Waals surface area contributed by atoms with E-state index in [0.717, 1.165) is 61.9 Å². The van der Waals surface area contributed by atoms with Crippen molar-refractivity contribution in [3.8, 4) is 0 Å². The highest BCUT2D eigenvalue weighted by Gasteiger charge is 2.21. The third-order valence-corrected chi connectivity index (χ3v) is 7.08. The second kappa shape index (κ2) is 12.3. The van der Waals surface area contributed by atoms with Gasteiger partial charge in [0, 0.05) is 35.7 Å². The van der Waals surface area contributed by atoms with Crippen molar-refractivity contribution >= 4 is 46.1 Å². The van der Waals surface area contributed by atoms with E-state index in [1.807, 2.05) is 18.2 Å². The summed E-state index contributed by atoms with van der Waals surface area (Å²) in [6, 6.07) is 16.4. The molecule has 2 N–H and O–H groups in total. The molecule has 0 unspecified atom stereocenters. The van der Waals surface area contributed by atoms with Crippen LogP contribution in [-0.4, -0.2) is 48.6 Å². The van der Waals surface area contributed by atoms with E-state index in [0.29, 0.717) is 10.0 Å². The molecule has 0 atom stereocenters. The molecule has 0 radical (unpaired) electrons. The first kappa shape index (κ1) is 25.4. The van der Waals surface area contributed by atoms with Gasteiger partial charge in [0.2, 0.25) is 0 Å². The molecular weight excluding hydrogens is 481 g/mol. The Morgan fingerprint density at radius 2 is 1.89 bits per heavy atom. The summed E-state index contributed by atoms with van der Waals surface area (Å²) in [5.74, 6) is 0.101.